The molecule has 0 spiro atoms. The lowest BCUT2D eigenvalue weighted by atomic mass is 9.96. The number of amides is 1. The second-order valence-electron chi connectivity index (χ2n) is 8.16. The number of alkyl halides is 3. The summed E-state index contributed by atoms with van der Waals surface area (Å²) in [6, 6.07) is 8.84. The second kappa shape index (κ2) is 11.4. The minimum absolute atomic E-state index is 0.0282. The maximum absolute atomic E-state index is 13.6. The first-order valence-corrected chi connectivity index (χ1v) is 13.1. The molecule has 1 aromatic heterocycles. The van der Waals surface area contributed by atoms with E-state index in [1.807, 2.05) is 4.72 Å². The third kappa shape index (κ3) is 6.90. The number of halogens is 4. The zero-order chi connectivity index (χ0) is 27.4. The fourth-order valence-electron chi connectivity index (χ4n) is 3.85. The topological polar surface area (TPSA) is 129 Å². The maximum atomic E-state index is 13.6. The molecule has 0 aliphatic carbocycles. The number of aromatic nitrogens is 1. The van der Waals surface area contributed by atoms with Crippen LogP contribution in [0, 0.1) is 17.2 Å². The van der Waals surface area contributed by atoms with Crippen molar-refractivity contribution in [3.8, 4) is 6.07 Å². The number of benzene rings is 1. The highest BCUT2D eigenvalue weighted by atomic mass is 35.5. The summed E-state index contributed by atoms with van der Waals surface area (Å²) in [5.41, 5.74) is -2.29. The number of anilines is 1. The van der Waals surface area contributed by atoms with Crippen molar-refractivity contribution >= 4 is 39.3 Å². The average Bonchev–Trinajstić information content (AvgIpc) is 2.84. The predicted octanol–water partition coefficient (Wildman–Crippen LogP) is 3.66. The SMILES string of the molecule is CCOC(=O)c1cc(C#N)c(N2CCC(C(=O)NS(=O)(=O)Cc3ccccc3Cl)CC2)nc1C(F)(F)F. The number of ether oxygens (including phenoxy) is 1. The van der Waals surface area contributed by atoms with Gasteiger partial charge in [-0.2, -0.15) is 18.4 Å². The fourth-order valence-corrected chi connectivity index (χ4v) is 5.34. The van der Waals surface area contributed by atoms with Gasteiger partial charge in [0.2, 0.25) is 15.9 Å². The number of piperidine rings is 1. The Bertz CT molecular complexity index is 1340. The number of carbonyl (C=O) groups is 2. The summed E-state index contributed by atoms with van der Waals surface area (Å²) < 4.78 is 72.5. The van der Waals surface area contributed by atoms with Gasteiger partial charge < -0.3 is 9.64 Å². The van der Waals surface area contributed by atoms with E-state index < -0.39 is 51.0 Å². The van der Waals surface area contributed by atoms with Gasteiger partial charge in [-0.05, 0) is 37.5 Å². The Morgan fingerprint density at radius 2 is 1.92 bits per heavy atom. The molecular formula is C23H22ClF3N4O5S. The number of nitrogens with zero attached hydrogens (tertiary/aromatic N) is 3. The molecule has 2 heterocycles. The summed E-state index contributed by atoms with van der Waals surface area (Å²) in [7, 11) is -4.04. The lowest BCUT2D eigenvalue weighted by Gasteiger charge is -2.33. The van der Waals surface area contributed by atoms with E-state index in [1.165, 1.54) is 24.0 Å². The Kier molecular flexibility index (Phi) is 8.65. The first-order valence-electron chi connectivity index (χ1n) is 11.1. The zero-order valence-electron chi connectivity index (χ0n) is 19.5. The first-order chi connectivity index (χ1) is 17.4. The van der Waals surface area contributed by atoms with Crippen LogP contribution >= 0.6 is 11.6 Å². The van der Waals surface area contributed by atoms with Gasteiger partial charge in [-0.1, -0.05) is 29.8 Å². The van der Waals surface area contributed by atoms with Crippen molar-refractivity contribution in [1.82, 2.24) is 9.71 Å². The molecular weight excluding hydrogens is 537 g/mol. The monoisotopic (exact) mass is 558 g/mol. The van der Waals surface area contributed by atoms with Gasteiger partial charge in [0.15, 0.2) is 5.69 Å². The molecule has 1 fully saturated rings. The molecule has 2 aromatic rings. The Morgan fingerprint density at radius 1 is 1.27 bits per heavy atom. The Hall–Kier alpha value is -3.37. The fraction of sp³-hybridized carbons (Fsp3) is 0.391. The van der Waals surface area contributed by atoms with Crippen molar-refractivity contribution in [3.63, 3.8) is 0 Å². The van der Waals surface area contributed by atoms with Crippen LogP contribution < -0.4 is 9.62 Å². The molecule has 1 N–H and O–H groups in total. The van der Waals surface area contributed by atoms with Gasteiger partial charge in [0.05, 0.1) is 23.5 Å². The van der Waals surface area contributed by atoms with Crippen molar-refractivity contribution in [2.24, 2.45) is 5.92 Å². The molecule has 1 aromatic carbocycles. The number of nitrogens with one attached hydrogen (secondary N) is 1. The van der Waals surface area contributed by atoms with Crippen LogP contribution in [0.3, 0.4) is 0 Å². The van der Waals surface area contributed by atoms with Crippen molar-refractivity contribution in [2.75, 3.05) is 24.6 Å². The summed E-state index contributed by atoms with van der Waals surface area (Å²) in [6.07, 6.45) is -4.79. The number of rotatable bonds is 7. The zero-order valence-corrected chi connectivity index (χ0v) is 21.1. The minimum atomic E-state index is -4.99. The van der Waals surface area contributed by atoms with E-state index in [2.05, 4.69) is 9.72 Å². The van der Waals surface area contributed by atoms with Crippen LogP contribution in [0.15, 0.2) is 30.3 Å². The largest absolute Gasteiger partial charge is 0.462 e. The predicted molar refractivity (Wildman–Crippen MR) is 127 cm³/mol. The molecule has 9 nitrogen and oxygen atoms in total. The van der Waals surface area contributed by atoms with Gasteiger partial charge in [-0.3, -0.25) is 9.52 Å². The maximum Gasteiger partial charge on any atom is 0.434 e. The van der Waals surface area contributed by atoms with E-state index in [0.29, 0.717) is 5.56 Å². The summed E-state index contributed by atoms with van der Waals surface area (Å²) in [5, 5.41) is 9.73. The Balaban J connectivity index is 1.74. The van der Waals surface area contributed by atoms with Gasteiger partial charge in [-0.15, -0.1) is 0 Å². The molecule has 0 unspecified atom stereocenters. The molecule has 0 saturated carbocycles. The molecule has 14 heteroatoms. The molecule has 1 saturated heterocycles. The number of hydrogen-bond donors (Lipinski definition) is 1. The van der Waals surface area contributed by atoms with E-state index in [1.54, 1.807) is 18.2 Å². The van der Waals surface area contributed by atoms with Crippen LogP contribution in [-0.4, -0.2) is 45.0 Å². The van der Waals surface area contributed by atoms with Crippen LogP contribution in [0.2, 0.25) is 5.02 Å². The molecule has 3 rings (SSSR count). The third-order valence-corrected chi connectivity index (χ3v) is 7.18. The highest BCUT2D eigenvalue weighted by Crippen LogP contribution is 2.35. The highest BCUT2D eigenvalue weighted by molar-refractivity contribution is 7.89. The second-order valence-corrected chi connectivity index (χ2v) is 10.3. The van der Waals surface area contributed by atoms with Crippen LogP contribution in [-0.2, 0) is 31.5 Å². The summed E-state index contributed by atoms with van der Waals surface area (Å²) >= 11 is 5.99. The summed E-state index contributed by atoms with van der Waals surface area (Å²) in [5.74, 6) is -3.51. The number of hydrogen-bond acceptors (Lipinski definition) is 8. The smallest absolute Gasteiger partial charge is 0.434 e. The van der Waals surface area contributed by atoms with Gasteiger partial charge >= 0.3 is 12.1 Å². The highest BCUT2D eigenvalue weighted by Gasteiger charge is 2.40. The molecule has 198 valence electrons. The van der Waals surface area contributed by atoms with E-state index in [9.17, 15) is 36.4 Å². The van der Waals surface area contributed by atoms with E-state index in [0.717, 1.165) is 6.07 Å². The molecule has 0 radical (unpaired) electrons. The third-order valence-electron chi connectivity index (χ3n) is 5.61. The van der Waals surface area contributed by atoms with Crippen LogP contribution in [0.25, 0.3) is 0 Å². The van der Waals surface area contributed by atoms with E-state index in [-0.39, 0.29) is 48.9 Å². The minimum Gasteiger partial charge on any atom is -0.462 e. The van der Waals surface area contributed by atoms with Crippen molar-refractivity contribution in [1.29, 1.82) is 5.26 Å². The lowest BCUT2D eigenvalue weighted by molar-refractivity contribution is -0.141. The molecule has 1 aliphatic heterocycles. The van der Waals surface area contributed by atoms with Crippen molar-refractivity contribution in [2.45, 2.75) is 31.7 Å². The average molecular weight is 559 g/mol. The lowest BCUT2D eigenvalue weighted by Crippen LogP contribution is -2.43. The molecule has 1 amide bonds. The number of pyridine rings is 1. The van der Waals surface area contributed by atoms with Gasteiger partial charge in [-0.25, -0.2) is 18.2 Å². The molecule has 0 bridgehead atoms. The van der Waals surface area contributed by atoms with Crippen molar-refractivity contribution < 1.29 is 35.9 Å². The van der Waals surface area contributed by atoms with Gasteiger partial charge in [0.25, 0.3) is 0 Å². The summed E-state index contributed by atoms with van der Waals surface area (Å²) in [4.78, 5) is 29.6. The summed E-state index contributed by atoms with van der Waals surface area (Å²) in [6.45, 7) is 1.32. The number of sulfonamides is 1. The molecule has 1 aliphatic rings. The quantitative estimate of drug-likeness (QED) is 0.510. The van der Waals surface area contributed by atoms with Crippen LogP contribution in [0.4, 0.5) is 19.0 Å². The van der Waals surface area contributed by atoms with Crippen LogP contribution in [0.5, 0.6) is 0 Å². The number of carbonyl (C=O) groups excluding carboxylic acids is 2. The normalized spacial score (nSPS) is 14.6. The number of esters is 1. The molecule has 37 heavy (non-hydrogen) atoms. The van der Waals surface area contributed by atoms with Crippen LogP contribution in [0.1, 0.15) is 46.9 Å². The van der Waals surface area contributed by atoms with Gasteiger partial charge in [0, 0.05) is 24.0 Å². The Labute approximate surface area is 216 Å². The number of nitriles is 1. The van der Waals surface area contributed by atoms with E-state index in [4.69, 9.17) is 11.6 Å². The standard InChI is InChI=1S/C23H22ClF3N4O5S/c1-2-36-22(33)17-11-16(12-28)20(29-19(17)23(25,26)27)31-9-7-14(8-10-31)21(32)30-37(34,35)13-15-5-3-4-6-18(15)24/h3-6,11,14H,2,7-10,13H2,1H3,(H,30,32). The van der Waals surface area contributed by atoms with E-state index >= 15 is 0 Å². The molecule has 0 atom stereocenters. The first kappa shape index (κ1) is 28.2. The van der Waals surface area contributed by atoms with Gasteiger partial charge in [0.1, 0.15) is 11.9 Å². The Morgan fingerprint density at radius 3 is 2.49 bits per heavy atom. The van der Waals surface area contributed by atoms with Crippen molar-refractivity contribution in [3.05, 3.63) is 57.7 Å².